The summed E-state index contributed by atoms with van der Waals surface area (Å²) >= 11 is 4.55. The van der Waals surface area contributed by atoms with Gasteiger partial charge in [-0.25, -0.2) is 4.98 Å². The molecule has 7 heteroatoms. The SMILES string of the molecule is COCCN[C@H]1CC[C@@H](c2cnc3c(c2)c(-c2cnn(C)c2)cn3S)CC1. The maximum Gasteiger partial charge on any atom is 0.150 e. The topological polar surface area (TPSA) is 56.9 Å². The maximum atomic E-state index is 5.13. The van der Waals surface area contributed by atoms with Gasteiger partial charge in [0.1, 0.15) is 5.65 Å². The molecule has 1 N–H and O–H groups in total. The van der Waals surface area contributed by atoms with E-state index in [4.69, 9.17) is 9.72 Å². The van der Waals surface area contributed by atoms with Gasteiger partial charge in [-0.3, -0.25) is 8.65 Å². The molecule has 0 saturated heterocycles. The summed E-state index contributed by atoms with van der Waals surface area (Å²) in [7, 11) is 3.69. The third kappa shape index (κ3) is 3.90. The summed E-state index contributed by atoms with van der Waals surface area (Å²) in [6.07, 6.45) is 12.8. The first-order valence-electron chi connectivity index (χ1n) is 9.57. The van der Waals surface area contributed by atoms with E-state index >= 15 is 0 Å². The highest BCUT2D eigenvalue weighted by Gasteiger charge is 2.23. The van der Waals surface area contributed by atoms with Crippen LogP contribution in [0.5, 0.6) is 0 Å². The molecule has 6 nitrogen and oxygen atoms in total. The number of nitrogens with zero attached hydrogens (tertiary/aromatic N) is 4. The predicted molar refractivity (Wildman–Crippen MR) is 111 cm³/mol. The normalized spacial score (nSPS) is 20.4. The lowest BCUT2D eigenvalue weighted by atomic mass is 9.82. The van der Waals surface area contributed by atoms with E-state index in [2.05, 4.69) is 29.3 Å². The zero-order valence-electron chi connectivity index (χ0n) is 15.9. The number of aryl methyl sites for hydroxylation is 1. The lowest BCUT2D eigenvalue weighted by Crippen LogP contribution is -2.34. The fourth-order valence-corrected chi connectivity index (χ4v) is 4.39. The Morgan fingerprint density at radius 3 is 2.74 bits per heavy atom. The van der Waals surface area contributed by atoms with Crippen LogP contribution >= 0.6 is 12.8 Å². The smallest absolute Gasteiger partial charge is 0.150 e. The molecule has 3 aromatic rings. The van der Waals surface area contributed by atoms with Crippen LogP contribution < -0.4 is 5.32 Å². The first kappa shape index (κ1) is 18.5. The predicted octanol–water partition coefficient (Wildman–Crippen LogP) is 3.39. The number of aromatic nitrogens is 4. The fraction of sp³-hybridized carbons (Fsp3) is 0.500. The van der Waals surface area contributed by atoms with E-state index in [9.17, 15) is 0 Å². The number of nitrogens with one attached hydrogen (secondary N) is 1. The second-order valence-electron chi connectivity index (χ2n) is 7.43. The summed E-state index contributed by atoms with van der Waals surface area (Å²) in [6, 6.07) is 2.92. The molecule has 3 heterocycles. The first-order chi connectivity index (χ1) is 13.2. The van der Waals surface area contributed by atoms with E-state index in [0.717, 1.165) is 35.3 Å². The number of methoxy groups -OCH3 is 1. The van der Waals surface area contributed by atoms with Gasteiger partial charge in [0.2, 0.25) is 0 Å². The molecule has 0 amide bonds. The van der Waals surface area contributed by atoms with E-state index < -0.39 is 0 Å². The molecule has 27 heavy (non-hydrogen) atoms. The number of rotatable bonds is 6. The van der Waals surface area contributed by atoms with Gasteiger partial charge in [0.05, 0.1) is 12.8 Å². The third-order valence-corrected chi connectivity index (χ3v) is 5.90. The van der Waals surface area contributed by atoms with Gasteiger partial charge in [-0.15, -0.1) is 0 Å². The van der Waals surface area contributed by atoms with Crippen LogP contribution in [-0.2, 0) is 11.8 Å². The van der Waals surface area contributed by atoms with Gasteiger partial charge < -0.3 is 10.1 Å². The molecule has 0 unspecified atom stereocenters. The summed E-state index contributed by atoms with van der Waals surface area (Å²) in [5.74, 6) is 0.576. The lowest BCUT2D eigenvalue weighted by Gasteiger charge is -2.29. The van der Waals surface area contributed by atoms with Crippen LogP contribution in [0, 0.1) is 0 Å². The summed E-state index contributed by atoms with van der Waals surface area (Å²) < 4.78 is 8.76. The Kier molecular flexibility index (Phi) is 5.52. The summed E-state index contributed by atoms with van der Waals surface area (Å²) in [6.45, 7) is 1.71. The number of hydrogen-bond acceptors (Lipinski definition) is 5. The Bertz CT molecular complexity index is 910. The second kappa shape index (κ2) is 8.04. The van der Waals surface area contributed by atoms with Crippen molar-refractivity contribution in [3.63, 3.8) is 0 Å². The van der Waals surface area contributed by atoms with E-state index in [-0.39, 0.29) is 0 Å². The minimum absolute atomic E-state index is 0.576. The van der Waals surface area contributed by atoms with Crippen LogP contribution in [0.1, 0.15) is 37.2 Å². The molecule has 0 aliphatic heterocycles. The second-order valence-corrected chi connectivity index (χ2v) is 7.86. The lowest BCUT2D eigenvalue weighted by molar-refractivity contribution is 0.191. The van der Waals surface area contributed by atoms with Crippen molar-refractivity contribution in [2.75, 3.05) is 20.3 Å². The van der Waals surface area contributed by atoms with Crippen molar-refractivity contribution in [1.29, 1.82) is 0 Å². The molecule has 0 radical (unpaired) electrons. The largest absolute Gasteiger partial charge is 0.383 e. The van der Waals surface area contributed by atoms with Gasteiger partial charge in [-0.2, -0.15) is 5.10 Å². The minimum Gasteiger partial charge on any atom is -0.383 e. The molecular weight excluding hydrogens is 358 g/mol. The van der Waals surface area contributed by atoms with E-state index in [0.29, 0.717) is 12.0 Å². The third-order valence-electron chi connectivity index (χ3n) is 5.60. The van der Waals surface area contributed by atoms with Crippen molar-refractivity contribution in [3.05, 3.63) is 36.4 Å². The number of ether oxygens (including phenoxy) is 1. The molecule has 1 aliphatic rings. The Hall–Kier alpha value is -1.83. The van der Waals surface area contributed by atoms with Crippen molar-refractivity contribution in [1.82, 2.24) is 24.1 Å². The van der Waals surface area contributed by atoms with Gasteiger partial charge in [-0.1, -0.05) is 12.8 Å². The summed E-state index contributed by atoms with van der Waals surface area (Å²) in [5, 5.41) is 9.05. The summed E-state index contributed by atoms with van der Waals surface area (Å²) in [4.78, 5) is 4.72. The van der Waals surface area contributed by atoms with E-state index in [1.165, 1.54) is 31.2 Å². The standard InChI is InChI=1S/C20H27N5OS/c1-24-12-16(11-23-24)19-13-25(27)20-18(19)9-15(10-22-20)14-3-5-17(6-4-14)21-7-8-26-2/h9-14,17,21,27H,3-8H2,1-2H3/t14-,17+. The van der Waals surface area contributed by atoms with Crippen molar-refractivity contribution in [2.24, 2.45) is 7.05 Å². The van der Waals surface area contributed by atoms with Gasteiger partial charge in [-0.05, 0) is 43.2 Å². The molecule has 0 aromatic carbocycles. The number of pyridine rings is 1. The molecule has 1 aliphatic carbocycles. The molecule has 144 valence electrons. The van der Waals surface area contributed by atoms with E-state index in [1.54, 1.807) is 11.1 Å². The van der Waals surface area contributed by atoms with Gasteiger partial charge in [0, 0.05) is 61.8 Å². The highest BCUT2D eigenvalue weighted by Crippen LogP contribution is 2.36. The zero-order valence-corrected chi connectivity index (χ0v) is 16.8. The zero-order chi connectivity index (χ0) is 18.8. The van der Waals surface area contributed by atoms with Gasteiger partial charge in [0.15, 0.2) is 0 Å². The first-order valence-corrected chi connectivity index (χ1v) is 9.97. The molecule has 0 bridgehead atoms. The average Bonchev–Trinajstić information content (AvgIpc) is 3.25. The highest BCUT2D eigenvalue weighted by atomic mass is 32.1. The van der Waals surface area contributed by atoms with Crippen LogP contribution in [0.25, 0.3) is 22.2 Å². The van der Waals surface area contributed by atoms with Crippen LogP contribution in [0.3, 0.4) is 0 Å². The van der Waals surface area contributed by atoms with E-state index in [1.807, 2.05) is 36.5 Å². The van der Waals surface area contributed by atoms with Crippen molar-refractivity contribution in [3.8, 4) is 11.1 Å². The Balaban J connectivity index is 1.54. The number of hydrogen-bond donors (Lipinski definition) is 2. The molecule has 4 rings (SSSR count). The number of thiol groups is 1. The van der Waals surface area contributed by atoms with Gasteiger partial charge in [0.25, 0.3) is 0 Å². The highest BCUT2D eigenvalue weighted by molar-refractivity contribution is 7.78. The molecule has 3 aromatic heterocycles. The molecule has 0 atom stereocenters. The number of fused-ring (bicyclic) bond motifs is 1. The van der Waals surface area contributed by atoms with Crippen molar-refractivity contribution < 1.29 is 4.74 Å². The molecule has 1 fully saturated rings. The van der Waals surface area contributed by atoms with Crippen LogP contribution in [-0.4, -0.2) is 45.0 Å². The molecule has 0 spiro atoms. The van der Waals surface area contributed by atoms with Crippen LogP contribution in [0.4, 0.5) is 0 Å². The fourth-order valence-electron chi connectivity index (χ4n) is 4.12. The Morgan fingerprint density at radius 1 is 1.22 bits per heavy atom. The Labute approximate surface area is 165 Å². The van der Waals surface area contributed by atoms with Crippen LogP contribution in [0.15, 0.2) is 30.9 Å². The molecular formula is C20H27N5OS. The van der Waals surface area contributed by atoms with Crippen molar-refractivity contribution >= 4 is 23.8 Å². The Morgan fingerprint density at radius 2 is 2.04 bits per heavy atom. The van der Waals surface area contributed by atoms with Crippen LogP contribution in [0.2, 0.25) is 0 Å². The minimum atomic E-state index is 0.576. The monoisotopic (exact) mass is 385 g/mol. The molecule has 1 saturated carbocycles. The van der Waals surface area contributed by atoms with Crippen molar-refractivity contribution in [2.45, 2.75) is 37.6 Å². The average molecular weight is 386 g/mol. The maximum absolute atomic E-state index is 5.13. The summed E-state index contributed by atoms with van der Waals surface area (Å²) in [5.41, 5.74) is 4.47. The van der Waals surface area contributed by atoms with Gasteiger partial charge >= 0.3 is 0 Å². The quantitative estimate of drug-likeness (QED) is 0.504.